The number of hydrogen-bond donors (Lipinski definition) is 1. The second-order valence-electron chi connectivity index (χ2n) is 4.45. The normalized spacial score (nSPS) is 11.3. The number of hydrogen-bond acceptors (Lipinski definition) is 5. The van der Waals surface area contributed by atoms with E-state index in [0.717, 1.165) is 11.4 Å². The third kappa shape index (κ3) is 2.97. The molecule has 0 aliphatic carbocycles. The van der Waals surface area contributed by atoms with Gasteiger partial charge in [-0.1, -0.05) is 13.8 Å². The van der Waals surface area contributed by atoms with Gasteiger partial charge in [0.05, 0.1) is 11.1 Å². The first-order chi connectivity index (χ1) is 9.49. The summed E-state index contributed by atoms with van der Waals surface area (Å²) in [6, 6.07) is 6.11. The zero-order valence-corrected chi connectivity index (χ0v) is 11.8. The van der Waals surface area contributed by atoms with Gasteiger partial charge in [-0.05, 0) is 29.9 Å². The zero-order chi connectivity index (χ0) is 14.7. The predicted octanol–water partition coefficient (Wildman–Crippen LogP) is 2.85. The van der Waals surface area contributed by atoms with Crippen molar-refractivity contribution in [3.05, 3.63) is 50.5 Å². The van der Waals surface area contributed by atoms with E-state index in [1.165, 1.54) is 12.1 Å². The van der Waals surface area contributed by atoms with Gasteiger partial charge < -0.3 is 0 Å². The number of nitrogens with zero attached hydrogens (tertiary/aromatic N) is 4. The SMILES string of the molecule is CC(C)c1n[nH]c(=S)n1/N=C\c1ccc([N+](=O)[O-])cc1. The summed E-state index contributed by atoms with van der Waals surface area (Å²) >= 11 is 5.10. The summed E-state index contributed by atoms with van der Waals surface area (Å²) in [5.74, 6) is 0.908. The van der Waals surface area contributed by atoms with E-state index in [1.807, 2.05) is 13.8 Å². The summed E-state index contributed by atoms with van der Waals surface area (Å²) in [4.78, 5) is 10.1. The van der Waals surface area contributed by atoms with E-state index in [1.54, 1.807) is 23.0 Å². The van der Waals surface area contributed by atoms with Crippen molar-refractivity contribution in [2.24, 2.45) is 5.10 Å². The summed E-state index contributed by atoms with van der Waals surface area (Å²) in [6.07, 6.45) is 1.58. The standard InChI is InChI=1S/C12H13N5O2S/c1-8(2)11-14-15-12(20)16(11)13-7-9-3-5-10(6-4-9)17(18)19/h3-8H,1-2H3,(H,15,20)/b13-7-. The smallest absolute Gasteiger partial charge is 0.258 e. The Bertz CT molecular complexity index is 699. The molecule has 8 heteroatoms. The lowest BCUT2D eigenvalue weighted by Crippen LogP contribution is -2.00. The minimum atomic E-state index is -0.441. The summed E-state index contributed by atoms with van der Waals surface area (Å²) in [5.41, 5.74) is 0.790. The lowest BCUT2D eigenvalue weighted by atomic mass is 10.2. The molecule has 0 saturated heterocycles. The minimum Gasteiger partial charge on any atom is -0.258 e. The summed E-state index contributed by atoms with van der Waals surface area (Å²) < 4.78 is 1.95. The summed E-state index contributed by atoms with van der Waals surface area (Å²) in [6.45, 7) is 3.98. The average Bonchev–Trinajstić information content (AvgIpc) is 2.78. The topological polar surface area (TPSA) is 89.1 Å². The molecule has 2 aromatic rings. The van der Waals surface area contributed by atoms with Crippen molar-refractivity contribution < 1.29 is 4.92 Å². The fourth-order valence-corrected chi connectivity index (χ4v) is 1.78. The van der Waals surface area contributed by atoms with E-state index in [-0.39, 0.29) is 11.6 Å². The van der Waals surface area contributed by atoms with Crippen LogP contribution < -0.4 is 0 Å². The van der Waals surface area contributed by atoms with Gasteiger partial charge in [0.15, 0.2) is 5.82 Å². The largest absolute Gasteiger partial charge is 0.269 e. The van der Waals surface area contributed by atoms with Crippen molar-refractivity contribution >= 4 is 24.1 Å². The molecule has 0 saturated carbocycles. The van der Waals surface area contributed by atoms with Crippen molar-refractivity contribution in [2.75, 3.05) is 0 Å². The zero-order valence-electron chi connectivity index (χ0n) is 11.0. The van der Waals surface area contributed by atoms with Crippen LogP contribution in [-0.4, -0.2) is 26.0 Å². The number of nitro benzene ring substituents is 1. The Labute approximate surface area is 120 Å². The molecule has 1 heterocycles. The number of aromatic nitrogens is 3. The van der Waals surface area contributed by atoms with Gasteiger partial charge in [-0.2, -0.15) is 14.9 Å². The van der Waals surface area contributed by atoms with Gasteiger partial charge in [0.2, 0.25) is 4.77 Å². The van der Waals surface area contributed by atoms with Gasteiger partial charge in [-0.25, -0.2) is 0 Å². The van der Waals surface area contributed by atoms with Gasteiger partial charge in [-0.3, -0.25) is 15.2 Å². The van der Waals surface area contributed by atoms with Crippen molar-refractivity contribution in [1.82, 2.24) is 14.9 Å². The van der Waals surface area contributed by atoms with E-state index in [4.69, 9.17) is 12.2 Å². The maximum atomic E-state index is 10.6. The van der Waals surface area contributed by atoms with E-state index in [2.05, 4.69) is 15.3 Å². The molecular weight excluding hydrogens is 278 g/mol. The first kappa shape index (κ1) is 14.1. The molecule has 1 aromatic heterocycles. The molecule has 0 unspecified atom stereocenters. The van der Waals surface area contributed by atoms with E-state index in [0.29, 0.717) is 4.77 Å². The molecule has 104 valence electrons. The Morgan fingerprint density at radius 1 is 1.45 bits per heavy atom. The molecule has 0 aliphatic rings. The number of nitrogens with one attached hydrogen (secondary N) is 1. The number of rotatable bonds is 4. The van der Waals surface area contributed by atoms with E-state index < -0.39 is 4.92 Å². The van der Waals surface area contributed by atoms with Gasteiger partial charge in [0, 0.05) is 18.1 Å². The fourth-order valence-electron chi connectivity index (χ4n) is 1.60. The van der Waals surface area contributed by atoms with Crippen LogP contribution in [0.1, 0.15) is 31.2 Å². The highest BCUT2D eigenvalue weighted by molar-refractivity contribution is 7.71. The second kappa shape index (κ2) is 5.74. The fraction of sp³-hybridized carbons (Fsp3) is 0.250. The van der Waals surface area contributed by atoms with Crippen molar-refractivity contribution in [3.63, 3.8) is 0 Å². The Hall–Kier alpha value is -2.35. The molecule has 0 spiro atoms. The summed E-state index contributed by atoms with van der Waals surface area (Å²) in [5, 5.41) is 21.6. The van der Waals surface area contributed by atoms with Gasteiger partial charge in [0.1, 0.15) is 0 Å². The van der Waals surface area contributed by atoms with Crippen LogP contribution >= 0.6 is 12.2 Å². The third-order valence-corrected chi connectivity index (χ3v) is 2.88. The van der Waals surface area contributed by atoms with Gasteiger partial charge in [0.25, 0.3) is 5.69 Å². The Balaban J connectivity index is 2.27. The molecule has 0 amide bonds. The number of nitro groups is 1. The number of aromatic amines is 1. The molecular formula is C12H13N5O2S. The molecule has 0 fully saturated rings. The molecule has 0 atom stereocenters. The molecule has 7 nitrogen and oxygen atoms in total. The first-order valence-corrected chi connectivity index (χ1v) is 6.36. The van der Waals surface area contributed by atoms with E-state index >= 15 is 0 Å². The Morgan fingerprint density at radius 2 is 2.10 bits per heavy atom. The highest BCUT2D eigenvalue weighted by atomic mass is 32.1. The Kier molecular flexibility index (Phi) is 4.04. The van der Waals surface area contributed by atoms with Crippen LogP contribution in [0.15, 0.2) is 29.4 Å². The number of non-ortho nitro benzene ring substituents is 1. The molecule has 2 rings (SSSR count). The van der Waals surface area contributed by atoms with Crippen LogP contribution in [-0.2, 0) is 0 Å². The molecule has 0 aliphatic heterocycles. The maximum absolute atomic E-state index is 10.6. The van der Waals surface area contributed by atoms with Crippen molar-refractivity contribution in [1.29, 1.82) is 0 Å². The highest BCUT2D eigenvalue weighted by Gasteiger charge is 2.08. The number of H-pyrrole nitrogens is 1. The molecule has 1 N–H and O–H groups in total. The summed E-state index contributed by atoms with van der Waals surface area (Å²) in [7, 11) is 0. The molecule has 0 bridgehead atoms. The number of benzene rings is 1. The lowest BCUT2D eigenvalue weighted by Gasteiger charge is -2.02. The Morgan fingerprint density at radius 3 is 2.65 bits per heavy atom. The third-order valence-electron chi connectivity index (χ3n) is 2.62. The highest BCUT2D eigenvalue weighted by Crippen LogP contribution is 2.13. The molecule has 20 heavy (non-hydrogen) atoms. The monoisotopic (exact) mass is 291 g/mol. The quantitative estimate of drug-likeness (QED) is 0.406. The predicted molar refractivity (Wildman–Crippen MR) is 77.6 cm³/mol. The van der Waals surface area contributed by atoms with Crippen molar-refractivity contribution in [2.45, 2.75) is 19.8 Å². The van der Waals surface area contributed by atoms with Crippen LogP contribution in [0.2, 0.25) is 0 Å². The van der Waals surface area contributed by atoms with Crippen LogP contribution in [0.3, 0.4) is 0 Å². The van der Waals surface area contributed by atoms with Crippen molar-refractivity contribution in [3.8, 4) is 0 Å². The second-order valence-corrected chi connectivity index (χ2v) is 4.83. The van der Waals surface area contributed by atoms with Crippen LogP contribution in [0.25, 0.3) is 0 Å². The first-order valence-electron chi connectivity index (χ1n) is 5.95. The minimum absolute atomic E-state index is 0.0462. The average molecular weight is 291 g/mol. The van der Waals surface area contributed by atoms with Crippen LogP contribution in [0.5, 0.6) is 0 Å². The maximum Gasteiger partial charge on any atom is 0.269 e. The lowest BCUT2D eigenvalue weighted by molar-refractivity contribution is -0.384. The molecule has 1 aromatic carbocycles. The van der Waals surface area contributed by atoms with E-state index in [9.17, 15) is 10.1 Å². The van der Waals surface area contributed by atoms with Gasteiger partial charge >= 0.3 is 0 Å². The van der Waals surface area contributed by atoms with Gasteiger partial charge in [-0.15, -0.1) is 0 Å². The van der Waals surface area contributed by atoms with Crippen LogP contribution in [0, 0.1) is 14.9 Å². The molecule has 0 radical (unpaired) electrons. The van der Waals surface area contributed by atoms with Crippen LogP contribution in [0.4, 0.5) is 5.69 Å².